The zero-order valence-electron chi connectivity index (χ0n) is 10.8. The van der Waals surface area contributed by atoms with E-state index in [0.29, 0.717) is 12.1 Å². The van der Waals surface area contributed by atoms with Crippen molar-refractivity contribution < 1.29 is 0 Å². The Labute approximate surface area is 113 Å². The van der Waals surface area contributed by atoms with Gasteiger partial charge in [-0.1, -0.05) is 24.3 Å². The zero-order chi connectivity index (χ0) is 12.4. The Morgan fingerprint density at radius 3 is 2.68 bits per heavy atom. The maximum Gasteiger partial charge on any atom is 0.0630 e. The highest BCUT2D eigenvalue weighted by Crippen LogP contribution is 2.55. The molecule has 0 saturated heterocycles. The molecule has 1 aromatic heterocycles. The maximum absolute atomic E-state index is 4.38. The molecule has 19 heavy (non-hydrogen) atoms. The number of aromatic nitrogens is 1. The first-order chi connectivity index (χ1) is 9.43. The molecule has 2 unspecified atom stereocenters. The summed E-state index contributed by atoms with van der Waals surface area (Å²) in [6.07, 6.45) is 7.93. The van der Waals surface area contributed by atoms with Crippen LogP contribution in [0.5, 0.6) is 0 Å². The van der Waals surface area contributed by atoms with Gasteiger partial charge in [0, 0.05) is 24.5 Å². The van der Waals surface area contributed by atoms with Gasteiger partial charge >= 0.3 is 0 Å². The van der Waals surface area contributed by atoms with E-state index in [1.807, 2.05) is 6.20 Å². The first-order valence-electron chi connectivity index (χ1n) is 7.22. The molecule has 2 bridgehead atoms. The molecule has 2 atom stereocenters. The summed E-state index contributed by atoms with van der Waals surface area (Å²) in [6, 6.07) is 13.1. The molecule has 0 N–H and O–H groups in total. The lowest BCUT2D eigenvalue weighted by atomic mass is 9.93. The molecule has 3 aliphatic rings. The van der Waals surface area contributed by atoms with Crippen molar-refractivity contribution >= 4 is 0 Å². The maximum atomic E-state index is 4.38. The van der Waals surface area contributed by atoms with E-state index in [4.69, 9.17) is 0 Å². The number of hydrogen-bond donors (Lipinski definition) is 0. The van der Waals surface area contributed by atoms with Crippen LogP contribution in [0.1, 0.15) is 47.2 Å². The second-order valence-corrected chi connectivity index (χ2v) is 6.00. The topological polar surface area (TPSA) is 16.1 Å². The van der Waals surface area contributed by atoms with Crippen LogP contribution in [0.4, 0.5) is 0 Å². The van der Waals surface area contributed by atoms with Crippen LogP contribution in [0.3, 0.4) is 0 Å². The molecule has 2 heteroatoms. The second-order valence-electron chi connectivity index (χ2n) is 6.00. The largest absolute Gasteiger partial charge is 0.282 e. The van der Waals surface area contributed by atoms with Crippen LogP contribution < -0.4 is 0 Å². The van der Waals surface area contributed by atoms with Gasteiger partial charge < -0.3 is 0 Å². The molecule has 1 aromatic carbocycles. The minimum atomic E-state index is 0.464. The fourth-order valence-electron chi connectivity index (χ4n) is 4.02. The van der Waals surface area contributed by atoms with E-state index in [9.17, 15) is 0 Å². The first kappa shape index (κ1) is 10.2. The quantitative estimate of drug-likeness (QED) is 0.770. The Balaban J connectivity index is 1.77. The van der Waals surface area contributed by atoms with Crippen molar-refractivity contribution in [2.24, 2.45) is 0 Å². The molecule has 2 aromatic rings. The smallest absolute Gasteiger partial charge is 0.0630 e. The fraction of sp³-hybridized carbons (Fsp3) is 0.353. The number of hydrogen-bond acceptors (Lipinski definition) is 2. The minimum Gasteiger partial charge on any atom is -0.282 e. The van der Waals surface area contributed by atoms with Crippen molar-refractivity contribution in [1.29, 1.82) is 0 Å². The summed E-state index contributed by atoms with van der Waals surface area (Å²) in [5, 5.41) is 0. The van der Waals surface area contributed by atoms with Crippen LogP contribution in [0.25, 0.3) is 0 Å². The summed E-state index contributed by atoms with van der Waals surface area (Å²) in [7, 11) is 0. The van der Waals surface area contributed by atoms with Crippen LogP contribution in [0, 0.1) is 0 Å². The first-order valence-corrected chi connectivity index (χ1v) is 7.22. The molecule has 1 saturated carbocycles. The zero-order valence-corrected chi connectivity index (χ0v) is 10.8. The summed E-state index contributed by atoms with van der Waals surface area (Å²) in [6.45, 7) is 0. The molecular weight excluding hydrogens is 232 g/mol. The molecule has 0 spiro atoms. The van der Waals surface area contributed by atoms with Gasteiger partial charge in [0.25, 0.3) is 0 Å². The highest BCUT2D eigenvalue weighted by Gasteiger charge is 2.49. The normalized spacial score (nSPS) is 28.0. The number of fused-ring (bicyclic) bond motifs is 7. The van der Waals surface area contributed by atoms with Crippen molar-refractivity contribution in [2.45, 2.75) is 37.4 Å². The minimum absolute atomic E-state index is 0.464. The number of pyridine rings is 1. The Kier molecular flexibility index (Phi) is 1.85. The molecule has 1 fully saturated rings. The molecule has 0 radical (unpaired) electrons. The third-order valence-electron chi connectivity index (χ3n) is 4.93. The number of nitrogens with zero attached hydrogens (tertiary/aromatic N) is 2. The van der Waals surface area contributed by atoms with Gasteiger partial charge in [-0.3, -0.25) is 9.88 Å². The van der Waals surface area contributed by atoms with Gasteiger partial charge in [-0.05, 0) is 47.6 Å². The van der Waals surface area contributed by atoms with E-state index >= 15 is 0 Å². The van der Waals surface area contributed by atoms with Gasteiger partial charge in [-0.2, -0.15) is 0 Å². The summed E-state index contributed by atoms with van der Waals surface area (Å²) in [5.41, 5.74) is 6.01. The van der Waals surface area contributed by atoms with Gasteiger partial charge in [0.05, 0.1) is 6.04 Å². The average Bonchev–Trinajstić information content (AvgIpc) is 3.27. The Bertz CT molecular complexity index is 649. The molecular formula is C17H16N2. The van der Waals surface area contributed by atoms with Crippen molar-refractivity contribution in [3.8, 4) is 0 Å². The lowest BCUT2D eigenvalue weighted by Gasteiger charge is -2.36. The fourth-order valence-corrected chi connectivity index (χ4v) is 4.02. The lowest BCUT2D eigenvalue weighted by molar-refractivity contribution is 0.157. The second kappa shape index (κ2) is 3.45. The summed E-state index contributed by atoms with van der Waals surface area (Å²) < 4.78 is 0. The van der Waals surface area contributed by atoms with Crippen molar-refractivity contribution in [1.82, 2.24) is 9.88 Å². The predicted octanol–water partition coefficient (Wildman–Crippen LogP) is 3.25. The molecule has 2 nitrogen and oxygen atoms in total. The van der Waals surface area contributed by atoms with Crippen molar-refractivity contribution in [3.05, 3.63) is 65.0 Å². The van der Waals surface area contributed by atoms with Crippen LogP contribution in [-0.2, 0) is 6.42 Å². The third kappa shape index (κ3) is 1.27. The Morgan fingerprint density at radius 1 is 1.00 bits per heavy atom. The predicted molar refractivity (Wildman–Crippen MR) is 73.8 cm³/mol. The van der Waals surface area contributed by atoms with Crippen LogP contribution >= 0.6 is 0 Å². The Hall–Kier alpha value is -1.67. The monoisotopic (exact) mass is 248 g/mol. The molecule has 94 valence electrons. The summed E-state index contributed by atoms with van der Waals surface area (Å²) >= 11 is 0. The van der Waals surface area contributed by atoms with Crippen LogP contribution in [0.15, 0.2) is 42.7 Å². The van der Waals surface area contributed by atoms with Crippen molar-refractivity contribution in [3.63, 3.8) is 0 Å². The van der Waals surface area contributed by atoms with E-state index in [2.05, 4.69) is 46.4 Å². The molecule has 3 heterocycles. The highest BCUT2D eigenvalue weighted by atomic mass is 15.3. The summed E-state index contributed by atoms with van der Waals surface area (Å²) in [5.74, 6) is 0. The van der Waals surface area contributed by atoms with E-state index in [1.54, 1.807) is 5.56 Å². The van der Waals surface area contributed by atoms with Crippen LogP contribution in [0.2, 0.25) is 0 Å². The summed E-state index contributed by atoms with van der Waals surface area (Å²) in [4.78, 5) is 7.13. The van der Waals surface area contributed by atoms with E-state index in [0.717, 1.165) is 12.5 Å². The Morgan fingerprint density at radius 2 is 1.84 bits per heavy atom. The van der Waals surface area contributed by atoms with Gasteiger partial charge in [-0.25, -0.2) is 0 Å². The van der Waals surface area contributed by atoms with Gasteiger partial charge in [0.1, 0.15) is 0 Å². The number of rotatable bonds is 1. The van der Waals surface area contributed by atoms with E-state index in [1.165, 1.54) is 29.5 Å². The van der Waals surface area contributed by atoms with Gasteiger partial charge in [-0.15, -0.1) is 0 Å². The molecule has 1 aliphatic carbocycles. The lowest BCUT2D eigenvalue weighted by Crippen LogP contribution is -2.34. The third-order valence-corrected chi connectivity index (χ3v) is 4.93. The van der Waals surface area contributed by atoms with Crippen LogP contribution in [-0.4, -0.2) is 15.9 Å². The highest BCUT2D eigenvalue weighted by molar-refractivity contribution is 5.50. The standard InChI is InChI=1S/C17H16N2/c1-2-4-14-13(3-1)16-9-11-7-8-18-10-15(11)17(14)19(16)12-5-6-12/h1-4,7-8,10,12,16-17H,5-6,9H2. The average molecular weight is 248 g/mol. The SMILES string of the molecule is c1ccc2c(c1)C1Cc3ccncc3C2N1C1CC1. The molecule has 2 aliphatic heterocycles. The molecule has 5 rings (SSSR count). The molecule has 0 amide bonds. The van der Waals surface area contributed by atoms with E-state index < -0.39 is 0 Å². The van der Waals surface area contributed by atoms with Gasteiger partial charge in [0.15, 0.2) is 0 Å². The van der Waals surface area contributed by atoms with Crippen molar-refractivity contribution in [2.75, 3.05) is 0 Å². The van der Waals surface area contributed by atoms with Gasteiger partial charge in [0.2, 0.25) is 0 Å². The van der Waals surface area contributed by atoms with E-state index in [-0.39, 0.29) is 0 Å². The number of benzene rings is 1.